The number of aryl methyl sites for hydroxylation is 2. The first-order valence-corrected chi connectivity index (χ1v) is 7.73. The number of nitrogens with zero attached hydrogens (tertiary/aromatic N) is 1. The molecule has 0 unspecified atom stereocenters. The van der Waals surface area contributed by atoms with Crippen molar-refractivity contribution in [2.75, 3.05) is 5.32 Å². The maximum atomic E-state index is 12.7. The summed E-state index contributed by atoms with van der Waals surface area (Å²) in [5.41, 5.74) is 2.58. The van der Waals surface area contributed by atoms with Crippen LogP contribution in [0.3, 0.4) is 0 Å². The molecule has 0 spiro atoms. The Morgan fingerprint density at radius 2 is 2.00 bits per heavy atom. The van der Waals surface area contributed by atoms with Crippen LogP contribution in [0.1, 0.15) is 15.9 Å². The minimum absolute atomic E-state index is 0.150. The van der Waals surface area contributed by atoms with Gasteiger partial charge in [0.15, 0.2) is 0 Å². The number of rotatable bonds is 2. The van der Waals surface area contributed by atoms with Crippen molar-refractivity contribution < 1.29 is 4.79 Å². The first-order chi connectivity index (χ1) is 11.1. The molecule has 5 heteroatoms. The number of hydrogen-bond donors (Lipinski definition) is 1. The molecule has 0 saturated carbocycles. The third-order valence-electron chi connectivity index (χ3n) is 4.13. The van der Waals surface area contributed by atoms with E-state index in [-0.39, 0.29) is 11.0 Å². The van der Waals surface area contributed by atoms with Gasteiger partial charge in [-0.05, 0) is 36.2 Å². The molecule has 0 radical (unpaired) electrons. The van der Waals surface area contributed by atoms with Crippen LogP contribution in [0.4, 0.5) is 5.69 Å². The van der Waals surface area contributed by atoms with Gasteiger partial charge in [-0.25, -0.2) is 0 Å². The van der Waals surface area contributed by atoms with Crippen LogP contribution < -0.4 is 10.7 Å². The second kappa shape index (κ2) is 5.25. The van der Waals surface area contributed by atoms with Crippen LogP contribution in [0.25, 0.3) is 10.9 Å². The van der Waals surface area contributed by atoms with E-state index >= 15 is 0 Å². The summed E-state index contributed by atoms with van der Waals surface area (Å²) in [6, 6.07) is 12.5. The fraction of sp³-hybridized carbons (Fsp3) is 0.111. The molecule has 1 aliphatic rings. The lowest BCUT2D eigenvalue weighted by Crippen LogP contribution is -2.23. The molecule has 1 amide bonds. The van der Waals surface area contributed by atoms with Crippen LogP contribution in [0, 0.1) is 0 Å². The third-order valence-corrected chi connectivity index (χ3v) is 4.37. The van der Waals surface area contributed by atoms with Gasteiger partial charge < -0.3 is 9.88 Å². The Balaban J connectivity index is 1.80. The molecule has 1 N–H and O–H groups in total. The van der Waals surface area contributed by atoms with Crippen molar-refractivity contribution in [3.05, 3.63) is 75.0 Å². The largest absolute Gasteiger partial charge is 0.346 e. The first kappa shape index (κ1) is 14.0. The smallest absolute Gasteiger partial charge is 0.261 e. The molecule has 0 fully saturated rings. The van der Waals surface area contributed by atoms with Crippen molar-refractivity contribution in [2.24, 2.45) is 0 Å². The van der Waals surface area contributed by atoms with E-state index in [4.69, 9.17) is 11.6 Å². The molecule has 0 bridgehead atoms. The van der Waals surface area contributed by atoms with Crippen molar-refractivity contribution in [3.63, 3.8) is 0 Å². The number of carbonyl (C=O) groups is 1. The van der Waals surface area contributed by atoms with Gasteiger partial charge in [-0.1, -0.05) is 29.8 Å². The van der Waals surface area contributed by atoms with Gasteiger partial charge in [0.2, 0.25) is 5.43 Å². The SMILES string of the molecule is O=C(Nc1cccc(Cl)c1)c1cn2c3c(cccc3c1=O)CC2. The summed E-state index contributed by atoms with van der Waals surface area (Å²) in [5.74, 6) is -0.416. The zero-order chi connectivity index (χ0) is 16.0. The number of aromatic nitrogens is 1. The average Bonchev–Trinajstić information content (AvgIpc) is 2.95. The van der Waals surface area contributed by atoms with E-state index in [0.29, 0.717) is 16.1 Å². The van der Waals surface area contributed by atoms with Crippen LogP contribution in [-0.4, -0.2) is 10.5 Å². The molecule has 0 aliphatic carbocycles. The summed E-state index contributed by atoms with van der Waals surface area (Å²) in [7, 11) is 0. The zero-order valence-electron chi connectivity index (χ0n) is 12.2. The summed E-state index contributed by atoms with van der Waals surface area (Å²) in [4.78, 5) is 25.2. The van der Waals surface area contributed by atoms with E-state index in [1.54, 1.807) is 36.5 Å². The van der Waals surface area contributed by atoms with Gasteiger partial charge in [0.05, 0.1) is 5.52 Å². The number of hydrogen-bond acceptors (Lipinski definition) is 2. The summed E-state index contributed by atoms with van der Waals surface area (Å²) >= 11 is 5.92. The highest BCUT2D eigenvalue weighted by Crippen LogP contribution is 2.24. The molecule has 4 rings (SSSR count). The highest BCUT2D eigenvalue weighted by molar-refractivity contribution is 6.31. The Hall–Kier alpha value is -2.59. The molecule has 0 saturated heterocycles. The molecule has 1 aromatic heterocycles. The number of anilines is 1. The van der Waals surface area contributed by atoms with E-state index in [9.17, 15) is 9.59 Å². The third kappa shape index (κ3) is 2.32. The van der Waals surface area contributed by atoms with Crippen molar-refractivity contribution >= 4 is 34.1 Å². The second-order valence-corrected chi connectivity index (χ2v) is 6.03. The number of pyridine rings is 1. The van der Waals surface area contributed by atoms with Crippen LogP contribution >= 0.6 is 11.6 Å². The lowest BCUT2D eigenvalue weighted by atomic mass is 10.1. The number of carbonyl (C=O) groups excluding carboxylic acids is 1. The van der Waals surface area contributed by atoms with Crippen LogP contribution in [0.15, 0.2) is 53.5 Å². The van der Waals surface area contributed by atoms with Gasteiger partial charge in [-0.3, -0.25) is 9.59 Å². The fourth-order valence-electron chi connectivity index (χ4n) is 3.08. The molecule has 2 aromatic carbocycles. The van der Waals surface area contributed by atoms with Gasteiger partial charge in [-0.15, -0.1) is 0 Å². The van der Waals surface area contributed by atoms with Crippen LogP contribution in [0.5, 0.6) is 0 Å². The number of amides is 1. The van der Waals surface area contributed by atoms with E-state index in [0.717, 1.165) is 24.0 Å². The van der Waals surface area contributed by atoms with Crippen LogP contribution in [0.2, 0.25) is 5.02 Å². The standard InChI is InChI=1S/C18H13ClN2O2/c19-12-4-2-5-13(9-12)20-18(23)15-10-21-8-7-11-3-1-6-14(16(11)21)17(15)22/h1-6,9-10H,7-8H2,(H,20,23). The maximum absolute atomic E-state index is 12.7. The van der Waals surface area contributed by atoms with Gasteiger partial charge in [0.25, 0.3) is 5.91 Å². The summed E-state index contributed by atoms with van der Waals surface area (Å²) in [5, 5.41) is 3.86. The van der Waals surface area contributed by atoms with Gasteiger partial charge >= 0.3 is 0 Å². The van der Waals surface area contributed by atoms with Gasteiger partial charge in [-0.2, -0.15) is 0 Å². The van der Waals surface area contributed by atoms with Crippen molar-refractivity contribution in [3.8, 4) is 0 Å². The second-order valence-electron chi connectivity index (χ2n) is 5.59. The van der Waals surface area contributed by atoms with Crippen molar-refractivity contribution in [1.82, 2.24) is 4.57 Å². The van der Waals surface area contributed by atoms with E-state index < -0.39 is 5.91 Å². The predicted octanol–water partition coefficient (Wildman–Crippen LogP) is 3.46. The first-order valence-electron chi connectivity index (χ1n) is 7.35. The lowest BCUT2D eigenvalue weighted by molar-refractivity contribution is 0.102. The monoisotopic (exact) mass is 324 g/mol. The lowest BCUT2D eigenvalue weighted by Gasteiger charge is -2.09. The molecule has 23 heavy (non-hydrogen) atoms. The number of benzene rings is 2. The van der Waals surface area contributed by atoms with E-state index in [1.165, 1.54) is 0 Å². The Labute approximate surface area is 137 Å². The average molecular weight is 325 g/mol. The van der Waals surface area contributed by atoms with Crippen LogP contribution in [-0.2, 0) is 13.0 Å². The topological polar surface area (TPSA) is 51.1 Å². The normalized spacial score (nSPS) is 12.6. The Morgan fingerprint density at radius 1 is 1.17 bits per heavy atom. The Kier molecular flexibility index (Phi) is 3.20. The molecular formula is C18H13ClN2O2. The molecule has 0 atom stereocenters. The highest BCUT2D eigenvalue weighted by Gasteiger charge is 2.20. The predicted molar refractivity (Wildman–Crippen MR) is 91.3 cm³/mol. The zero-order valence-corrected chi connectivity index (χ0v) is 12.9. The number of nitrogens with one attached hydrogen (secondary N) is 1. The molecule has 2 heterocycles. The highest BCUT2D eigenvalue weighted by atomic mass is 35.5. The molecule has 3 aromatic rings. The summed E-state index contributed by atoms with van der Waals surface area (Å²) < 4.78 is 1.99. The molecule has 1 aliphatic heterocycles. The van der Waals surface area contributed by atoms with Gasteiger partial charge in [0, 0.05) is 28.8 Å². The number of halogens is 1. The molecular weight excluding hydrogens is 312 g/mol. The van der Waals surface area contributed by atoms with Gasteiger partial charge in [0.1, 0.15) is 5.56 Å². The minimum Gasteiger partial charge on any atom is -0.346 e. The van der Waals surface area contributed by atoms with Crippen molar-refractivity contribution in [2.45, 2.75) is 13.0 Å². The Morgan fingerprint density at radius 3 is 2.83 bits per heavy atom. The Bertz CT molecular complexity index is 1010. The quantitative estimate of drug-likeness (QED) is 0.784. The van der Waals surface area contributed by atoms with Crippen molar-refractivity contribution in [1.29, 1.82) is 0 Å². The van der Waals surface area contributed by atoms with E-state index in [1.807, 2.05) is 16.7 Å². The fourth-order valence-corrected chi connectivity index (χ4v) is 3.27. The number of para-hydroxylation sites is 1. The molecule has 4 nitrogen and oxygen atoms in total. The summed E-state index contributed by atoms with van der Waals surface area (Å²) in [6.07, 6.45) is 2.54. The van der Waals surface area contributed by atoms with E-state index in [2.05, 4.69) is 5.32 Å². The summed E-state index contributed by atoms with van der Waals surface area (Å²) in [6.45, 7) is 0.785. The maximum Gasteiger partial charge on any atom is 0.261 e. The molecule has 114 valence electrons. The minimum atomic E-state index is -0.416.